The molecule has 0 fully saturated rings. The summed E-state index contributed by atoms with van der Waals surface area (Å²) in [5.41, 5.74) is 1.31. The number of aromatic nitrogens is 2. The molecule has 0 unspecified atom stereocenters. The molecule has 0 saturated heterocycles. The van der Waals surface area contributed by atoms with Crippen LogP contribution in [0.25, 0.3) is 0 Å². The van der Waals surface area contributed by atoms with Gasteiger partial charge in [-0.15, -0.1) is 0 Å². The van der Waals surface area contributed by atoms with Crippen molar-refractivity contribution in [3.05, 3.63) is 47.9 Å². The number of carbonyl (C=O) groups excluding carboxylic acids is 1. The van der Waals surface area contributed by atoms with Crippen LogP contribution in [0.5, 0.6) is 0 Å². The van der Waals surface area contributed by atoms with Crippen molar-refractivity contribution in [2.45, 2.75) is 19.9 Å². The zero-order chi connectivity index (χ0) is 13.7. The molecular weight excluding hydrogens is 240 g/mol. The summed E-state index contributed by atoms with van der Waals surface area (Å²) in [6, 6.07) is 11.8. The number of hydrogen-bond donors (Lipinski definition) is 1. The summed E-state index contributed by atoms with van der Waals surface area (Å²) in [6.45, 7) is 2.33. The maximum absolute atomic E-state index is 11.5. The van der Waals surface area contributed by atoms with Gasteiger partial charge in [0, 0.05) is 6.42 Å². The third-order valence-electron chi connectivity index (χ3n) is 2.72. The van der Waals surface area contributed by atoms with Gasteiger partial charge in [-0.1, -0.05) is 37.3 Å². The maximum atomic E-state index is 11.5. The second-order valence-corrected chi connectivity index (χ2v) is 4.07. The molecule has 0 aliphatic rings. The summed E-state index contributed by atoms with van der Waals surface area (Å²) < 4.78 is 1.77. The Kier molecular flexibility index (Phi) is 3.94. The van der Waals surface area contributed by atoms with E-state index >= 15 is 0 Å². The Balaban J connectivity index is 2.28. The van der Waals surface area contributed by atoms with Gasteiger partial charge in [0.2, 0.25) is 5.91 Å². The number of carbonyl (C=O) groups is 1. The van der Waals surface area contributed by atoms with Crippen LogP contribution >= 0.6 is 0 Å². The molecule has 0 aliphatic carbocycles. The average molecular weight is 254 g/mol. The van der Waals surface area contributed by atoms with Crippen LogP contribution in [0.4, 0.5) is 5.82 Å². The van der Waals surface area contributed by atoms with Gasteiger partial charge < -0.3 is 9.88 Å². The summed E-state index contributed by atoms with van der Waals surface area (Å²) in [7, 11) is 0. The quantitative estimate of drug-likeness (QED) is 0.908. The van der Waals surface area contributed by atoms with E-state index in [4.69, 9.17) is 5.26 Å². The molecule has 1 aromatic carbocycles. The molecule has 5 heteroatoms. The van der Waals surface area contributed by atoms with Gasteiger partial charge in [-0.2, -0.15) is 5.26 Å². The van der Waals surface area contributed by atoms with E-state index in [1.165, 1.54) is 0 Å². The van der Waals surface area contributed by atoms with Gasteiger partial charge in [-0.3, -0.25) is 4.79 Å². The largest absolute Gasteiger partial charge is 0.312 e. The number of imidazole rings is 1. The van der Waals surface area contributed by atoms with Crippen molar-refractivity contribution in [3.63, 3.8) is 0 Å². The van der Waals surface area contributed by atoms with E-state index in [0.717, 1.165) is 5.56 Å². The minimum absolute atomic E-state index is 0.133. The molecular formula is C14H14N4O. The lowest BCUT2D eigenvalue weighted by molar-refractivity contribution is -0.115. The highest BCUT2D eigenvalue weighted by atomic mass is 16.1. The first-order chi connectivity index (χ1) is 9.24. The van der Waals surface area contributed by atoms with Crippen LogP contribution in [-0.2, 0) is 11.3 Å². The van der Waals surface area contributed by atoms with Crippen molar-refractivity contribution in [3.8, 4) is 6.07 Å². The number of nitrogens with zero attached hydrogens (tertiary/aromatic N) is 3. The Morgan fingerprint density at radius 1 is 1.42 bits per heavy atom. The van der Waals surface area contributed by atoms with E-state index in [0.29, 0.717) is 18.8 Å². The molecule has 1 N–H and O–H groups in total. The van der Waals surface area contributed by atoms with Crippen molar-refractivity contribution in [2.75, 3.05) is 5.32 Å². The molecule has 2 rings (SSSR count). The van der Waals surface area contributed by atoms with Crippen LogP contribution in [0, 0.1) is 11.3 Å². The fraction of sp³-hybridized carbons (Fsp3) is 0.214. The van der Waals surface area contributed by atoms with Crippen LogP contribution in [0.1, 0.15) is 24.6 Å². The number of amides is 1. The molecule has 5 nitrogen and oxygen atoms in total. The fourth-order valence-electron chi connectivity index (χ4n) is 1.72. The molecule has 1 heterocycles. The Labute approximate surface area is 111 Å². The number of rotatable bonds is 4. The van der Waals surface area contributed by atoms with Crippen LogP contribution in [0.3, 0.4) is 0 Å². The van der Waals surface area contributed by atoms with Crippen LogP contribution in [0.2, 0.25) is 0 Å². The van der Waals surface area contributed by atoms with Gasteiger partial charge in [-0.05, 0) is 5.56 Å². The molecule has 1 amide bonds. The fourth-order valence-corrected chi connectivity index (χ4v) is 1.72. The summed E-state index contributed by atoms with van der Waals surface area (Å²) in [5.74, 6) is 0.324. The highest BCUT2D eigenvalue weighted by molar-refractivity contribution is 5.90. The van der Waals surface area contributed by atoms with Crippen molar-refractivity contribution in [1.82, 2.24) is 9.55 Å². The van der Waals surface area contributed by atoms with Gasteiger partial charge in [0.15, 0.2) is 11.5 Å². The first-order valence-corrected chi connectivity index (χ1v) is 6.03. The summed E-state index contributed by atoms with van der Waals surface area (Å²) in [6.07, 6.45) is 1.93. The highest BCUT2D eigenvalue weighted by Gasteiger charge is 2.12. The summed E-state index contributed by atoms with van der Waals surface area (Å²) >= 11 is 0. The molecule has 0 aliphatic heterocycles. The van der Waals surface area contributed by atoms with Crippen LogP contribution in [0.15, 0.2) is 36.7 Å². The molecule has 0 spiro atoms. The molecule has 2 aromatic rings. The Morgan fingerprint density at radius 2 is 2.16 bits per heavy atom. The third-order valence-corrected chi connectivity index (χ3v) is 2.72. The Morgan fingerprint density at radius 3 is 2.79 bits per heavy atom. The average Bonchev–Trinajstić information content (AvgIpc) is 2.82. The van der Waals surface area contributed by atoms with Gasteiger partial charge >= 0.3 is 0 Å². The molecule has 0 bridgehead atoms. The highest BCUT2D eigenvalue weighted by Crippen LogP contribution is 2.16. The first kappa shape index (κ1) is 12.8. The predicted molar refractivity (Wildman–Crippen MR) is 71.4 cm³/mol. The first-order valence-electron chi connectivity index (χ1n) is 6.03. The zero-order valence-corrected chi connectivity index (χ0v) is 10.6. The number of anilines is 1. The zero-order valence-electron chi connectivity index (χ0n) is 10.6. The maximum Gasteiger partial charge on any atom is 0.225 e. The number of nitriles is 1. The van der Waals surface area contributed by atoms with Gasteiger partial charge in [0.25, 0.3) is 0 Å². The van der Waals surface area contributed by atoms with E-state index in [-0.39, 0.29) is 11.6 Å². The third kappa shape index (κ3) is 2.99. The molecule has 19 heavy (non-hydrogen) atoms. The molecule has 0 radical (unpaired) electrons. The lowest BCUT2D eigenvalue weighted by Gasteiger charge is -2.09. The van der Waals surface area contributed by atoms with Gasteiger partial charge in [0.1, 0.15) is 6.07 Å². The lowest BCUT2D eigenvalue weighted by Crippen LogP contribution is -2.14. The second-order valence-electron chi connectivity index (χ2n) is 4.07. The van der Waals surface area contributed by atoms with Crippen molar-refractivity contribution >= 4 is 11.7 Å². The second kappa shape index (κ2) is 5.83. The molecule has 0 saturated carbocycles. The number of benzene rings is 1. The normalized spacial score (nSPS) is 9.89. The van der Waals surface area contributed by atoms with E-state index < -0.39 is 0 Å². The topological polar surface area (TPSA) is 70.7 Å². The number of nitrogens with one attached hydrogen (secondary N) is 1. The van der Waals surface area contributed by atoms with Crippen molar-refractivity contribution in [1.29, 1.82) is 5.26 Å². The molecule has 0 atom stereocenters. The van der Waals surface area contributed by atoms with E-state index in [1.807, 2.05) is 36.4 Å². The van der Waals surface area contributed by atoms with Crippen molar-refractivity contribution < 1.29 is 4.79 Å². The predicted octanol–water partition coefficient (Wildman–Crippen LogP) is 2.15. The van der Waals surface area contributed by atoms with Crippen LogP contribution < -0.4 is 5.32 Å². The monoisotopic (exact) mass is 254 g/mol. The summed E-state index contributed by atoms with van der Waals surface area (Å²) in [5, 5.41) is 11.7. The van der Waals surface area contributed by atoms with Crippen LogP contribution in [-0.4, -0.2) is 15.5 Å². The van der Waals surface area contributed by atoms with Gasteiger partial charge in [-0.25, -0.2) is 4.98 Å². The van der Waals surface area contributed by atoms with E-state index in [2.05, 4.69) is 10.3 Å². The van der Waals surface area contributed by atoms with Gasteiger partial charge in [0.05, 0.1) is 12.9 Å². The molecule has 96 valence electrons. The minimum Gasteiger partial charge on any atom is -0.312 e. The smallest absolute Gasteiger partial charge is 0.225 e. The minimum atomic E-state index is -0.133. The van der Waals surface area contributed by atoms with E-state index in [9.17, 15) is 4.79 Å². The molecule has 1 aromatic heterocycles. The van der Waals surface area contributed by atoms with Crippen molar-refractivity contribution in [2.24, 2.45) is 0 Å². The Hall–Kier alpha value is -2.61. The number of hydrogen-bond acceptors (Lipinski definition) is 3. The van der Waals surface area contributed by atoms with E-state index in [1.54, 1.807) is 17.8 Å². The summed E-state index contributed by atoms with van der Waals surface area (Å²) in [4.78, 5) is 15.5. The Bertz CT molecular complexity index is 610. The SMILES string of the molecule is CCC(=O)Nc1c(C#N)ncn1Cc1ccccc1. The lowest BCUT2D eigenvalue weighted by atomic mass is 10.2. The standard InChI is InChI=1S/C14H14N4O/c1-2-13(19)17-14-12(8-15)16-10-18(14)9-11-6-4-3-5-7-11/h3-7,10H,2,9H2,1H3,(H,17,19).